The van der Waals surface area contributed by atoms with Crippen LogP contribution in [0.1, 0.15) is 36.7 Å². The third-order valence-corrected chi connectivity index (χ3v) is 5.90. The maximum absolute atomic E-state index is 9.82. The number of hydrogen-bond donors (Lipinski definition) is 2. The first-order valence-electron chi connectivity index (χ1n) is 10.8. The van der Waals surface area contributed by atoms with E-state index in [9.17, 15) is 5.11 Å². The third-order valence-electron chi connectivity index (χ3n) is 5.90. The van der Waals surface area contributed by atoms with Crippen LogP contribution in [0.25, 0.3) is 22.8 Å². The molecule has 0 saturated carbocycles. The van der Waals surface area contributed by atoms with Crippen LogP contribution < -0.4 is 0 Å². The second kappa shape index (κ2) is 8.04. The molecule has 0 fully saturated rings. The van der Waals surface area contributed by atoms with Crippen LogP contribution in [0.4, 0.5) is 0 Å². The van der Waals surface area contributed by atoms with Crippen molar-refractivity contribution in [3.63, 3.8) is 0 Å². The summed E-state index contributed by atoms with van der Waals surface area (Å²) < 4.78 is 2.32. The molecule has 2 aromatic heterocycles. The molecular formula is C25H27N5O. The van der Waals surface area contributed by atoms with Crippen molar-refractivity contribution in [1.82, 2.24) is 24.6 Å². The van der Waals surface area contributed by atoms with E-state index in [0.717, 1.165) is 60.2 Å². The van der Waals surface area contributed by atoms with E-state index in [2.05, 4.69) is 69.9 Å². The maximum Gasteiger partial charge on any atom is 0.161 e. The molecule has 0 spiro atoms. The predicted octanol–water partition coefficient (Wildman–Crippen LogP) is 4.79. The molecule has 0 atom stereocenters. The Balaban J connectivity index is 1.53. The second-order valence-corrected chi connectivity index (χ2v) is 8.49. The zero-order valence-electron chi connectivity index (χ0n) is 17.9. The largest absolute Gasteiger partial charge is 0.508 e. The van der Waals surface area contributed by atoms with E-state index in [4.69, 9.17) is 4.98 Å². The van der Waals surface area contributed by atoms with Crippen molar-refractivity contribution >= 4 is 0 Å². The van der Waals surface area contributed by atoms with Crippen LogP contribution in [0.5, 0.6) is 5.75 Å². The van der Waals surface area contributed by atoms with Gasteiger partial charge in [-0.2, -0.15) is 5.10 Å². The minimum Gasteiger partial charge on any atom is -0.508 e. The average molecular weight is 414 g/mol. The number of rotatable bonds is 5. The van der Waals surface area contributed by atoms with Crippen LogP contribution in [0.3, 0.4) is 0 Å². The monoisotopic (exact) mass is 413 g/mol. The molecule has 158 valence electrons. The molecule has 0 amide bonds. The van der Waals surface area contributed by atoms with Crippen molar-refractivity contribution in [2.45, 2.75) is 39.4 Å². The zero-order valence-corrected chi connectivity index (χ0v) is 17.9. The van der Waals surface area contributed by atoms with E-state index in [0.29, 0.717) is 11.7 Å². The summed E-state index contributed by atoms with van der Waals surface area (Å²) in [6.45, 7) is 7.69. The zero-order chi connectivity index (χ0) is 21.4. The smallest absolute Gasteiger partial charge is 0.161 e. The van der Waals surface area contributed by atoms with E-state index < -0.39 is 0 Å². The second-order valence-electron chi connectivity index (χ2n) is 8.49. The number of fused-ring (bicyclic) bond motifs is 1. The number of aromatic amines is 1. The lowest BCUT2D eigenvalue weighted by Crippen LogP contribution is -2.33. The predicted molar refractivity (Wildman–Crippen MR) is 122 cm³/mol. The van der Waals surface area contributed by atoms with Crippen LogP contribution in [0.2, 0.25) is 0 Å². The Hall–Kier alpha value is -3.38. The molecule has 0 saturated heterocycles. The van der Waals surface area contributed by atoms with Gasteiger partial charge in [0.25, 0.3) is 0 Å². The average Bonchev–Trinajstić information content (AvgIpc) is 3.39. The Kier molecular flexibility index (Phi) is 5.08. The van der Waals surface area contributed by atoms with E-state index >= 15 is 0 Å². The Bertz CT molecular complexity index is 1190. The molecule has 2 aromatic carbocycles. The number of H-pyrrole nitrogens is 1. The lowest BCUT2D eigenvalue weighted by molar-refractivity contribution is 0.214. The molecule has 0 aliphatic carbocycles. The van der Waals surface area contributed by atoms with Crippen LogP contribution in [-0.2, 0) is 19.6 Å². The van der Waals surface area contributed by atoms with Crippen LogP contribution >= 0.6 is 0 Å². The van der Waals surface area contributed by atoms with Gasteiger partial charge in [0, 0.05) is 37.4 Å². The van der Waals surface area contributed by atoms with Gasteiger partial charge in [-0.25, -0.2) is 4.98 Å². The number of phenolic OH excluding ortho intramolecular Hbond substituents is 1. The molecule has 5 rings (SSSR count). The molecule has 4 aromatic rings. The fourth-order valence-electron chi connectivity index (χ4n) is 4.24. The summed E-state index contributed by atoms with van der Waals surface area (Å²) in [7, 11) is 0. The number of nitrogens with one attached hydrogen (secondary N) is 1. The van der Waals surface area contributed by atoms with Crippen LogP contribution in [0, 0.1) is 0 Å². The molecule has 0 unspecified atom stereocenters. The number of imidazole rings is 1. The highest BCUT2D eigenvalue weighted by Crippen LogP contribution is 2.33. The van der Waals surface area contributed by atoms with Crippen LogP contribution in [-0.4, -0.2) is 36.3 Å². The van der Waals surface area contributed by atoms with Gasteiger partial charge in [-0.15, -0.1) is 0 Å². The van der Waals surface area contributed by atoms with Crippen molar-refractivity contribution in [2.24, 2.45) is 0 Å². The van der Waals surface area contributed by atoms with E-state index in [1.165, 1.54) is 5.69 Å². The van der Waals surface area contributed by atoms with Crippen molar-refractivity contribution in [3.05, 3.63) is 77.6 Å². The van der Waals surface area contributed by atoms with Crippen molar-refractivity contribution in [1.29, 1.82) is 0 Å². The molecule has 3 heterocycles. The van der Waals surface area contributed by atoms with Crippen molar-refractivity contribution < 1.29 is 5.11 Å². The quantitative estimate of drug-likeness (QED) is 0.494. The molecule has 0 bridgehead atoms. The Morgan fingerprint density at radius 2 is 1.87 bits per heavy atom. The van der Waals surface area contributed by atoms with Crippen LogP contribution in [0.15, 0.2) is 60.7 Å². The summed E-state index contributed by atoms with van der Waals surface area (Å²) in [5, 5.41) is 17.6. The summed E-state index contributed by atoms with van der Waals surface area (Å²) in [6, 6.07) is 20.0. The van der Waals surface area contributed by atoms with Crippen molar-refractivity contribution in [2.75, 3.05) is 6.54 Å². The highest BCUT2D eigenvalue weighted by Gasteiger charge is 2.26. The van der Waals surface area contributed by atoms with Gasteiger partial charge in [0.15, 0.2) is 5.82 Å². The normalized spacial score (nSPS) is 14.2. The van der Waals surface area contributed by atoms with Gasteiger partial charge in [0.2, 0.25) is 0 Å². The van der Waals surface area contributed by atoms with Gasteiger partial charge in [-0.3, -0.25) is 10.00 Å². The molecule has 31 heavy (non-hydrogen) atoms. The van der Waals surface area contributed by atoms with Gasteiger partial charge in [0.05, 0.1) is 11.4 Å². The fourth-order valence-corrected chi connectivity index (χ4v) is 4.24. The molecular weight excluding hydrogens is 386 g/mol. The number of nitrogens with zero attached hydrogens (tertiary/aromatic N) is 4. The molecule has 6 heteroatoms. The molecule has 2 N–H and O–H groups in total. The number of benzene rings is 2. The minimum atomic E-state index is 0.311. The summed E-state index contributed by atoms with van der Waals surface area (Å²) in [6.07, 6.45) is 0. The maximum atomic E-state index is 9.82. The number of phenols is 1. The highest BCUT2D eigenvalue weighted by molar-refractivity contribution is 5.67. The molecule has 6 nitrogen and oxygen atoms in total. The number of aromatic hydroxyl groups is 1. The first-order chi connectivity index (χ1) is 15.1. The standard InChI is InChI=1S/C25H27N5O/c1-17(2)21-14-22(28-27-21)25-26-24(19-8-4-3-5-9-19)23-16-29(11-12-30(23)25)15-18-7-6-10-20(31)13-18/h3-10,13-14,17,31H,11-12,15-16H2,1-2H3,(H,27,28). The summed E-state index contributed by atoms with van der Waals surface area (Å²) in [5.74, 6) is 1.63. The Morgan fingerprint density at radius 3 is 2.61 bits per heavy atom. The molecule has 1 aliphatic rings. The Labute approximate surface area is 182 Å². The SMILES string of the molecule is CC(C)c1cc(-c2nc(-c3ccccc3)c3n2CCN(Cc2cccc(O)c2)C3)n[nH]1. The third kappa shape index (κ3) is 3.86. The van der Waals surface area contributed by atoms with Gasteiger partial charge < -0.3 is 9.67 Å². The molecule has 1 aliphatic heterocycles. The molecule has 0 radical (unpaired) electrons. The summed E-state index contributed by atoms with van der Waals surface area (Å²) in [4.78, 5) is 7.48. The van der Waals surface area contributed by atoms with Gasteiger partial charge in [-0.05, 0) is 29.7 Å². The lowest BCUT2D eigenvalue weighted by atomic mass is 10.1. The summed E-state index contributed by atoms with van der Waals surface area (Å²) >= 11 is 0. The number of aromatic nitrogens is 4. The van der Waals surface area contributed by atoms with Gasteiger partial charge in [0.1, 0.15) is 11.4 Å². The fraction of sp³-hybridized carbons (Fsp3) is 0.280. The van der Waals surface area contributed by atoms with E-state index in [1.54, 1.807) is 6.07 Å². The van der Waals surface area contributed by atoms with Gasteiger partial charge in [-0.1, -0.05) is 56.3 Å². The van der Waals surface area contributed by atoms with E-state index in [-0.39, 0.29) is 0 Å². The van der Waals surface area contributed by atoms with E-state index in [1.807, 2.05) is 18.2 Å². The first-order valence-corrected chi connectivity index (χ1v) is 10.8. The minimum absolute atomic E-state index is 0.311. The number of hydrogen-bond acceptors (Lipinski definition) is 4. The summed E-state index contributed by atoms with van der Waals surface area (Å²) in [5.41, 5.74) is 6.48. The van der Waals surface area contributed by atoms with Crippen molar-refractivity contribution in [3.8, 4) is 28.5 Å². The van der Waals surface area contributed by atoms with Gasteiger partial charge >= 0.3 is 0 Å². The highest BCUT2D eigenvalue weighted by atomic mass is 16.3. The topological polar surface area (TPSA) is 70.0 Å². The lowest BCUT2D eigenvalue weighted by Gasteiger charge is -2.29. The first kappa shape index (κ1) is 19.6. The Morgan fingerprint density at radius 1 is 1.03 bits per heavy atom.